The second-order valence-corrected chi connectivity index (χ2v) is 9.57. The zero-order chi connectivity index (χ0) is 25.8. The maximum atomic E-state index is 13.7. The van der Waals surface area contributed by atoms with Gasteiger partial charge >= 0.3 is 0 Å². The van der Waals surface area contributed by atoms with E-state index >= 15 is 0 Å². The van der Waals surface area contributed by atoms with Crippen LogP contribution in [0.25, 0.3) is 10.9 Å². The number of nitrogens with one attached hydrogen (secondary N) is 1. The molecule has 1 saturated carbocycles. The van der Waals surface area contributed by atoms with Gasteiger partial charge in [0.25, 0.3) is 5.56 Å². The van der Waals surface area contributed by atoms with Crippen LogP contribution >= 0.6 is 0 Å². The predicted molar refractivity (Wildman–Crippen MR) is 142 cm³/mol. The standard InChI is InChI=1S/C28H34N6O3/c1-4-33(18-19-11-7-5-8-12-19)26(27-30-31-32-34(27)21-13-9-6-10-14-21)22-15-20-16-24(36-2)25(37-3)17-23(20)29-28(22)35/h5,7-8,11-12,15-17,21,26H,4,6,9-10,13-14,18H2,1-3H3,(H,29,35)/t26-/m0/s1. The summed E-state index contributed by atoms with van der Waals surface area (Å²) in [7, 11) is 3.19. The summed E-state index contributed by atoms with van der Waals surface area (Å²) in [6, 6.07) is 15.7. The molecule has 9 nitrogen and oxygen atoms in total. The van der Waals surface area contributed by atoms with Gasteiger partial charge in [0.2, 0.25) is 0 Å². The van der Waals surface area contributed by atoms with E-state index in [0.717, 1.165) is 36.6 Å². The van der Waals surface area contributed by atoms with Crippen LogP contribution in [0.4, 0.5) is 0 Å². The van der Waals surface area contributed by atoms with Gasteiger partial charge in [0, 0.05) is 23.6 Å². The maximum absolute atomic E-state index is 13.7. The van der Waals surface area contributed by atoms with E-state index in [-0.39, 0.29) is 11.6 Å². The van der Waals surface area contributed by atoms with Gasteiger partial charge in [-0.15, -0.1) is 5.10 Å². The largest absolute Gasteiger partial charge is 0.493 e. The monoisotopic (exact) mass is 502 g/mol. The Morgan fingerprint density at radius 1 is 1.05 bits per heavy atom. The fourth-order valence-electron chi connectivity index (χ4n) is 5.42. The first-order valence-electron chi connectivity index (χ1n) is 13.0. The summed E-state index contributed by atoms with van der Waals surface area (Å²) in [5.74, 6) is 1.87. The zero-order valence-electron chi connectivity index (χ0n) is 21.7. The molecule has 1 fully saturated rings. The Hall–Kier alpha value is -3.72. The average Bonchev–Trinajstić information content (AvgIpc) is 3.42. The number of benzene rings is 2. The van der Waals surface area contributed by atoms with Crippen molar-refractivity contribution in [2.24, 2.45) is 0 Å². The number of hydrogen-bond donors (Lipinski definition) is 1. The molecule has 1 aliphatic carbocycles. The number of rotatable bonds is 9. The second kappa shape index (κ2) is 11.1. The van der Waals surface area contributed by atoms with Crippen molar-refractivity contribution >= 4 is 10.9 Å². The number of fused-ring (bicyclic) bond motifs is 1. The van der Waals surface area contributed by atoms with Crippen LogP contribution < -0.4 is 15.0 Å². The fraction of sp³-hybridized carbons (Fsp3) is 0.429. The third-order valence-electron chi connectivity index (χ3n) is 7.35. The molecule has 1 atom stereocenters. The molecule has 4 aromatic rings. The minimum absolute atomic E-state index is 0.172. The van der Waals surface area contributed by atoms with Crippen molar-refractivity contribution in [3.05, 3.63) is 75.8 Å². The fourth-order valence-corrected chi connectivity index (χ4v) is 5.42. The number of H-pyrrole nitrogens is 1. The van der Waals surface area contributed by atoms with E-state index in [2.05, 4.69) is 44.5 Å². The van der Waals surface area contributed by atoms with Gasteiger partial charge in [-0.25, -0.2) is 4.68 Å². The van der Waals surface area contributed by atoms with Gasteiger partial charge in [0.15, 0.2) is 17.3 Å². The van der Waals surface area contributed by atoms with Crippen LogP contribution in [0.1, 0.15) is 68.1 Å². The molecule has 9 heteroatoms. The van der Waals surface area contributed by atoms with Crippen molar-refractivity contribution in [1.29, 1.82) is 0 Å². The molecule has 194 valence electrons. The van der Waals surface area contributed by atoms with Gasteiger partial charge in [0.1, 0.15) is 6.04 Å². The van der Waals surface area contributed by atoms with E-state index in [1.807, 2.05) is 35.0 Å². The molecule has 2 aromatic heterocycles. The van der Waals surface area contributed by atoms with Crippen molar-refractivity contribution < 1.29 is 9.47 Å². The topological polar surface area (TPSA) is 98.2 Å². The highest BCUT2D eigenvalue weighted by molar-refractivity contribution is 5.83. The Morgan fingerprint density at radius 2 is 1.78 bits per heavy atom. The molecule has 0 unspecified atom stereocenters. The average molecular weight is 503 g/mol. The van der Waals surface area contributed by atoms with Gasteiger partial charge < -0.3 is 14.5 Å². The van der Waals surface area contributed by atoms with E-state index in [0.29, 0.717) is 41.5 Å². The predicted octanol–water partition coefficient (Wildman–Crippen LogP) is 4.65. The molecule has 0 amide bonds. The molecule has 2 aromatic carbocycles. The molecule has 1 N–H and O–H groups in total. The molecule has 0 saturated heterocycles. The van der Waals surface area contributed by atoms with Crippen LogP contribution in [0.3, 0.4) is 0 Å². The first kappa shape index (κ1) is 25.0. The van der Waals surface area contributed by atoms with Crippen LogP contribution in [0.2, 0.25) is 0 Å². The van der Waals surface area contributed by atoms with E-state index < -0.39 is 6.04 Å². The number of methoxy groups -OCH3 is 2. The molecule has 5 rings (SSSR count). The smallest absolute Gasteiger partial charge is 0.253 e. The van der Waals surface area contributed by atoms with Gasteiger partial charge in [-0.05, 0) is 47.5 Å². The lowest BCUT2D eigenvalue weighted by Gasteiger charge is -2.32. The Balaban J connectivity index is 1.66. The Morgan fingerprint density at radius 3 is 2.49 bits per heavy atom. The Bertz CT molecular complexity index is 1390. The lowest BCUT2D eigenvalue weighted by atomic mass is 9.95. The van der Waals surface area contributed by atoms with Crippen LogP contribution in [0.5, 0.6) is 11.5 Å². The highest BCUT2D eigenvalue weighted by Gasteiger charge is 2.32. The zero-order valence-corrected chi connectivity index (χ0v) is 21.7. The summed E-state index contributed by atoms with van der Waals surface area (Å²) in [6.45, 7) is 3.47. The van der Waals surface area contributed by atoms with Crippen LogP contribution in [0.15, 0.2) is 53.3 Å². The first-order valence-corrected chi connectivity index (χ1v) is 13.0. The van der Waals surface area contributed by atoms with Crippen molar-refractivity contribution in [1.82, 2.24) is 30.1 Å². The molecule has 1 aliphatic rings. The summed E-state index contributed by atoms with van der Waals surface area (Å²) in [4.78, 5) is 19.0. The van der Waals surface area contributed by atoms with Crippen molar-refractivity contribution in [3.8, 4) is 11.5 Å². The van der Waals surface area contributed by atoms with Crippen LogP contribution in [-0.2, 0) is 6.54 Å². The molecule has 0 aliphatic heterocycles. The summed E-state index contributed by atoms with van der Waals surface area (Å²) < 4.78 is 12.9. The normalized spacial score (nSPS) is 15.2. The number of hydrogen-bond acceptors (Lipinski definition) is 7. The van der Waals surface area contributed by atoms with Crippen molar-refractivity contribution in [2.75, 3.05) is 20.8 Å². The van der Waals surface area contributed by atoms with Gasteiger partial charge in [-0.2, -0.15) is 0 Å². The summed E-state index contributed by atoms with van der Waals surface area (Å²) in [5, 5.41) is 13.9. The Labute approximate surface area is 216 Å². The van der Waals surface area contributed by atoms with Crippen LogP contribution in [-0.4, -0.2) is 50.9 Å². The molecular formula is C28H34N6O3. The number of nitrogens with zero attached hydrogens (tertiary/aromatic N) is 5. The first-order chi connectivity index (χ1) is 18.1. The summed E-state index contributed by atoms with van der Waals surface area (Å²) in [5.41, 5.74) is 2.27. The SMILES string of the molecule is CCN(Cc1ccccc1)[C@@H](c1cc2cc(OC)c(OC)cc2[nH]c1=O)c1nnnn1C1CCCCC1. The van der Waals surface area contributed by atoms with Crippen LogP contribution in [0, 0.1) is 0 Å². The lowest BCUT2D eigenvalue weighted by molar-refractivity contribution is 0.204. The third-order valence-corrected chi connectivity index (χ3v) is 7.35. The molecular weight excluding hydrogens is 468 g/mol. The lowest BCUT2D eigenvalue weighted by Crippen LogP contribution is -2.35. The van der Waals surface area contributed by atoms with E-state index in [1.54, 1.807) is 20.3 Å². The summed E-state index contributed by atoms with van der Waals surface area (Å²) >= 11 is 0. The van der Waals surface area contributed by atoms with Gasteiger partial charge in [0.05, 0.1) is 25.8 Å². The van der Waals surface area contributed by atoms with E-state index in [1.165, 1.54) is 6.42 Å². The number of tetrazole rings is 1. The number of aromatic nitrogens is 5. The minimum Gasteiger partial charge on any atom is -0.493 e. The third kappa shape index (κ3) is 5.09. The highest BCUT2D eigenvalue weighted by atomic mass is 16.5. The quantitative estimate of drug-likeness (QED) is 0.356. The van der Waals surface area contributed by atoms with Crippen molar-refractivity contribution in [3.63, 3.8) is 0 Å². The molecule has 0 spiro atoms. The molecule has 0 bridgehead atoms. The second-order valence-electron chi connectivity index (χ2n) is 9.57. The highest BCUT2D eigenvalue weighted by Crippen LogP contribution is 2.35. The van der Waals surface area contributed by atoms with Crippen molar-refractivity contribution in [2.45, 2.75) is 57.7 Å². The van der Waals surface area contributed by atoms with E-state index in [4.69, 9.17) is 9.47 Å². The number of ether oxygens (including phenoxy) is 2. The molecule has 37 heavy (non-hydrogen) atoms. The molecule has 0 radical (unpaired) electrons. The molecule has 2 heterocycles. The number of pyridine rings is 1. The Kier molecular flexibility index (Phi) is 7.50. The van der Waals surface area contributed by atoms with E-state index in [9.17, 15) is 4.79 Å². The van der Waals surface area contributed by atoms with Gasteiger partial charge in [-0.1, -0.05) is 56.5 Å². The summed E-state index contributed by atoms with van der Waals surface area (Å²) in [6.07, 6.45) is 5.64. The maximum Gasteiger partial charge on any atom is 0.253 e. The number of aromatic amines is 1. The minimum atomic E-state index is -0.427. The van der Waals surface area contributed by atoms with Gasteiger partial charge in [-0.3, -0.25) is 9.69 Å².